The molecule has 26 heavy (non-hydrogen) atoms. The van der Waals surface area contributed by atoms with Crippen LogP contribution in [0.3, 0.4) is 0 Å². The molecule has 1 atom stereocenters. The van der Waals surface area contributed by atoms with Crippen LogP contribution in [-0.4, -0.2) is 65.6 Å². The lowest BCUT2D eigenvalue weighted by molar-refractivity contribution is -0.136. The Morgan fingerprint density at radius 2 is 1.92 bits per heavy atom. The van der Waals surface area contributed by atoms with Gasteiger partial charge in [0, 0.05) is 32.1 Å². The normalized spacial score (nSPS) is 23.9. The minimum absolute atomic E-state index is 0.121. The summed E-state index contributed by atoms with van der Waals surface area (Å²) in [6, 6.07) is 4.76. The molecule has 0 saturated carbocycles. The van der Waals surface area contributed by atoms with Crippen molar-refractivity contribution in [3.8, 4) is 0 Å². The number of hydrogen-bond donors (Lipinski definition) is 2. The van der Waals surface area contributed by atoms with Crippen LogP contribution in [-0.2, 0) is 16.1 Å². The number of nitrogens with zero attached hydrogens (tertiary/aromatic N) is 2. The first-order valence-corrected chi connectivity index (χ1v) is 8.72. The molecular formula is C18H20N4O4. The molecule has 0 radical (unpaired) electrons. The number of carbonyl (C=O) groups excluding carboxylic acids is 4. The second-order valence-electron chi connectivity index (χ2n) is 6.97. The van der Waals surface area contributed by atoms with Gasteiger partial charge in [-0.05, 0) is 25.1 Å². The quantitative estimate of drug-likeness (QED) is 0.705. The van der Waals surface area contributed by atoms with Gasteiger partial charge in [0.05, 0.1) is 11.1 Å². The Bertz CT molecular complexity index is 815. The zero-order chi connectivity index (χ0) is 18.4. The molecule has 0 aromatic heterocycles. The number of likely N-dealkylation sites (N-methyl/N-ethyl adjacent to an activating group) is 1. The van der Waals surface area contributed by atoms with E-state index in [1.54, 1.807) is 12.1 Å². The summed E-state index contributed by atoms with van der Waals surface area (Å²) in [5.74, 6) is -1.86. The van der Waals surface area contributed by atoms with E-state index < -0.39 is 23.8 Å². The predicted molar refractivity (Wildman–Crippen MR) is 91.2 cm³/mol. The number of imide groups is 2. The number of carbonyl (C=O) groups is 4. The van der Waals surface area contributed by atoms with Crippen LogP contribution in [0.15, 0.2) is 18.2 Å². The van der Waals surface area contributed by atoms with Gasteiger partial charge in [0.25, 0.3) is 11.8 Å². The van der Waals surface area contributed by atoms with Gasteiger partial charge in [0.2, 0.25) is 11.8 Å². The topological polar surface area (TPSA) is 98.8 Å². The van der Waals surface area contributed by atoms with E-state index in [1.807, 2.05) is 13.1 Å². The highest BCUT2D eigenvalue weighted by atomic mass is 16.2. The first-order valence-electron chi connectivity index (χ1n) is 8.72. The molecule has 8 heteroatoms. The van der Waals surface area contributed by atoms with Gasteiger partial charge in [0.1, 0.15) is 6.04 Å². The molecule has 1 aromatic rings. The number of fused-ring (bicyclic) bond motifs is 1. The Hall–Kier alpha value is -2.58. The van der Waals surface area contributed by atoms with E-state index >= 15 is 0 Å². The van der Waals surface area contributed by atoms with Gasteiger partial charge in [-0.25, -0.2) is 0 Å². The van der Waals surface area contributed by atoms with Crippen LogP contribution in [0, 0.1) is 0 Å². The molecule has 4 amide bonds. The van der Waals surface area contributed by atoms with Crippen molar-refractivity contribution in [3.05, 3.63) is 34.9 Å². The smallest absolute Gasteiger partial charge is 0.262 e. The molecule has 2 N–H and O–H groups in total. The number of nitrogens with one attached hydrogen (secondary N) is 2. The second-order valence-corrected chi connectivity index (χ2v) is 6.97. The zero-order valence-corrected chi connectivity index (χ0v) is 14.4. The van der Waals surface area contributed by atoms with Crippen molar-refractivity contribution < 1.29 is 19.2 Å². The molecular weight excluding hydrogens is 336 g/mol. The molecule has 3 aliphatic rings. The van der Waals surface area contributed by atoms with Crippen LogP contribution >= 0.6 is 0 Å². The molecule has 2 saturated heterocycles. The molecule has 8 nitrogen and oxygen atoms in total. The molecule has 1 unspecified atom stereocenters. The molecule has 4 rings (SSSR count). The number of hydrogen-bond acceptors (Lipinski definition) is 6. The fraction of sp³-hybridized carbons (Fsp3) is 0.444. The lowest BCUT2D eigenvalue weighted by Crippen LogP contribution is -2.56. The molecule has 0 aliphatic carbocycles. The largest absolute Gasteiger partial charge is 0.315 e. The number of benzene rings is 1. The van der Waals surface area contributed by atoms with E-state index in [0.717, 1.165) is 23.6 Å². The van der Waals surface area contributed by atoms with E-state index in [2.05, 4.69) is 15.5 Å². The van der Waals surface area contributed by atoms with Gasteiger partial charge in [-0.2, -0.15) is 0 Å². The van der Waals surface area contributed by atoms with Crippen molar-refractivity contribution in [3.63, 3.8) is 0 Å². The summed E-state index contributed by atoms with van der Waals surface area (Å²) in [6.07, 6.45) is 0.289. The molecule has 1 aromatic carbocycles. The molecule has 0 spiro atoms. The summed E-state index contributed by atoms with van der Waals surface area (Å²) in [6.45, 7) is 2.36. The number of rotatable bonds is 4. The standard InChI is InChI=1S/C18H20N4O4/c1-19-11-8-21(9-11)7-10-3-2-4-12-15(10)18(26)22(17(12)25)13-5-6-14(23)20-16(13)24/h2-4,11,13,19H,5-9H2,1H3,(H,20,23,24). The molecule has 2 fully saturated rings. The Labute approximate surface area is 150 Å². The van der Waals surface area contributed by atoms with Crippen molar-refractivity contribution in [2.75, 3.05) is 20.1 Å². The van der Waals surface area contributed by atoms with E-state index in [0.29, 0.717) is 23.7 Å². The second kappa shape index (κ2) is 6.30. The van der Waals surface area contributed by atoms with Crippen molar-refractivity contribution in [2.24, 2.45) is 0 Å². The van der Waals surface area contributed by atoms with Crippen LogP contribution < -0.4 is 10.6 Å². The van der Waals surface area contributed by atoms with Crippen LogP contribution in [0.25, 0.3) is 0 Å². The van der Waals surface area contributed by atoms with Crippen molar-refractivity contribution in [1.82, 2.24) is 20.4 Å². The Morgan fingerprint density at radius 1 is 1.15 bits per heavy atom. The third kappa shape index (κ3) is 2.62. The monoisotopic (exact) mass is 356 g/mol. The van der Waals surface area contributed by atoms with E-state index in [9.17, 15) is 19.2 Å². The van der Waals surface area contributed by atoms with E-state index in [4.69, 9.17) is 0 Å². The Balaban J connectivity index is 1.59. The first kappa shape index (κ1) is 16.9. The number of likely N-dealkylation sites (tertiary alicyclic amines) is 1. The maximum atomic E-state index is 13.0. The maximum absolute atomic E-state index is 13.0. The minimum Gasteiger partial charge on any atom is -0.315 e. The first-order chi connectivity index (χ1) is 12.5. The fourth-order valence-electron chi connectivity index (χ4n) is 3.84. The number of amides is 4. The van der Waals surface area contributed by atoms with E-state index in [1.165, 1.54) is 0 Å². The van der Waals surface area contributed by atoms with Crippen molar-refractivity contribution >= 4 is 23.6 Å². The lowest BCUT2D eigenvalue weighted by Gasteiger charge is -2.39. The van der Waals surface area contributed by atoms with Crippen molar-refractivity contribution in [1.29, 1.82) is 0 Å². The zero-order valence-electron chi connectivity index (χ0n) is 14.4. The average molecular weight is 356 g/mol. The van der Waals surface area contributed by atoms with Crippen LogP contribution in [0.1, 0.15) is 39.1 Å². The van der Waals surface area contributed by atoms with Crippen LogP contribution in [0.5, 0.6) is 0 Å². The van der Waals surface area contributed by atoms with E-state index in [-0.39, 0.29) is 18.7 Å². The highest BCUT2D eigenvalue weighted by Crippen LogP contribution is 2.31. The summed E-state index contributed by atoms with van der Waals surface area (Å²) in [4.78, 5) is 52.4. The van der Waals surface area contributed by atoms with Gasteiger partial charge < -0.3 is 5.32 Å². The fourth-order valence-corrected chi connectivity index (χ4v) is 3.84. The summed E-state index contributed by atoms with van der Waals surface area (Å²) >= 11 is 0. The molecule has 3 aliphatic heterocycles. The maximum Gasteiger partial charge on any atom is 0.262 e. The SMILES string of the molecule is CNC1CN(Cc2cccc3c2C(=O)N(C2CCC(=O)NC2=O)C3=O)C1. The summed E-state index contributed by atoms with van der Waals surface area (Å²) in [5.41, 5.74) is 1.52. The van der Waals surface area contributed by atoms with Crippen molar-refractivity contribution in [2.45, 2.75) is 31.5 Å². The molecule has 0 bridgehead atoms. The van der Waals surface area contributed by atoms with Gasteiger partial charge in [0.15, 0.2) is 0 Å². The van der Waals surface area contributed by atoms with Crippen LogP contribution in [0.4, 0.5) is 0 Å². The lowest BCUT2D eigenvalue weighted by atomic mass is 10.00. The summed E-state index contributed by atoms with van der Waals surface area (Å²) in [5, 5.41) is 5.41. The Morgan fingerprint density at radius 3 is 2.62 bits per heavy atom. The number of piperidine rings is 1. The molecule has 3 heterocycles. The van der Waals surface area contributed by atoms with Gasteiger partial charge in [-0.3, -0.25) is 34.3 Å². The average Bonchev–Trinajstić information content (AvgIpc) is 2.83. The van der Waals surface area contributed by atoms with Gasteiger partial charge in [-0.15, -0.1) is 0 Å². The third-order valence-electron chi connectivity index (χ3n) is 5.31. The highest BCUT2D eigenvalue weighted by Gasteiger charge is 2.45. The Kier molecular flexibility index (Phi) is 4.08. The summed E-state index contributed by atoms with van der Waals surface area (Å²) in [7, 11) is 1.92. The minimum atomic E-state index is -0.925. The van der Waals surface area contributed by atoms with Gasteiger partial charge in [-0.1, -0.05) is 12.1 Å². The predicted octanol–water partition coefficient (Wildman–Crippen LogP) is -0.509. The third-order valence-corrected chi connectivity index (χ3v) is 5.31. The molecule has 136 valence electrons. The van der Waals surface area contributed by atoms with Gasteiger partial charge >= 0.3 is 0 Å². The summed E-state index contributed by atoms with van der Waals surface area (Å²) < 4.78 is 0. The van der Waals surface area contributed by atoms with Crippen LogP contribution in [0.2, 0.25) is 0 Å². The highest BCUT2D eigenvalue weighted by molar-refractivity contribution is 6.24.